The summed E-state index contributed by atoms with van der Waals surface area (Å²) in [7, 11) is 0. The molecule has 3 nitrogen and oxygen atoms in total. The van der Waals surface area contributed by atoms with E-state index in [2.05, 4.69) is 28.1 Å². The number of rotatable bonds is 5. The van der Waals surface area contributed by atoms with Crippen molar-refractivity contribution in [3.05, 3.63) is 119 Å². The molecule has 0 spiro atoms. The Labute approximate surface area is 199 Å². The van der Waals surface area contributed by atoms with Crippen molar-refractivity contribution < 1.29 is 4.79 Å². The first kappa shape index (κ1) is 20.6. The van der Waals surface area contributed by atoms with Crippen LogP contribution in [-0.2, 0) is 6.54 Å². The molecule has 0 saturated heterocycles. The SMILES string of the molecule is O=C(c1ccc(-c2ccccc2)cc1)N(Cc1ccccc1)c1nc2ccc(Br)cc2s1. The summed E-state index contributed by atoms with van der Waals surface area (Å²) in [5.74, 6) is -0.0633. The minimum Gasteiger partial charge on any atom is -0.279 e. The van der Waals surface area contributed by atoms with Crippen LogP contribution in [0.15, 0.2) is 108 Å². The standard InChI is InChI=1S/C27H19BrN2OS/c28-23-15-16-24-25(17-23)32-27(29-24)30(18-19-7-3-1-4-8-19)26(31)22-13-11-21(12-14-22)20-9-5-2-6-10-20/h1-17H,18H2. The number of hydrogen-bond donors (Lipinski definition) is 0. The predicted molar refractivity (Wildman–Crippen MR) is 136 cm³/mol. The van der Waals surface area contributed by atoms with E-state index in [0.717, 1.165) is 31.4 Å². The third-order valence-corrected chi connectivity index (χ3v) is 6.77. The van der Waals surface area contributed by atoms with Gasteiger partial charge in [0, 0.05) is 10.0 Å². The van der Waals surface area contributed by atoms with Gasteiger partial charge in [-0.15, -0.1) is 0 Å². The summed E-state index contributed by atoms with van der Waals surface area (Å²) in [6.07, 6.45) is 0. The molecule has 5 rings (SSSR count). The molecule has 0 aliphatic carbocycles. The highest BCUT2D eigenvalue weighted by Crippen LogP contribution is 2.32. The molecule has 0 saturated carbocycles. The molecular weight excluding hydrogens is 480 g/mol. The van der Waals surface area contributed by atoms with Gasteiger partial charge in [-0.25, -0.2) is 4.98 Å². The lowest BCUT2D eigenvalue weighted by atomic mass is 10.0. The van der Waals surface area contributed by atoms with E-state index in [9.17, 15) is 4.79 Å². The highest BCUT2D eigenvalue weighted by Gasteiger charge is 2.22. The maximum absolute atomic E-state index is 13.6. The van der Waals surface area contributed by atoms with Gasteiger partial charge in [0.1, 0.15) is 0 Å². The van der Waals surface area contributed by atoms with Gasteiger partial charge >= 0.3 is 0 Å². The molecule has 0 radical (unpaired) electrons. The zero-order valence-corrected chi connectivity index (χ0v) is 19.5. The van der Waals surface area contributed by atoms with Gasteiger partial charge in [-0.3, -0.25) is 9.69 Å². The Balaban J connectivity index is 1.51. The van der Waals surface area contributed by atoms with Crippen LogP contribution in [0.2, 0.25) is 0 Å². The fraction of sp³-hybridized carbons (Fsp3) is 0.0370. The molecule has 0 aliphatic heterocycles. The molecule has 0 aliphatic rings. The van der Waals surface area contributed by atoms with Crippen molar-refractivity contribution in [1.29, 1.82) is 0 Å². The van der Waals surface area contributed by atoms with Gasteiger partial charge in [0.05, 0.1) is 16.8 Å². The second-order valence-corrected chi connectivity index (χ2v) is 9.35. The van der Waals surface area contributed by atoms with Crippen LogP contribution in [0.25, 0.3) is 21.3 Å². The Hall–Kier alpha value is -3.28. The van der Waals surface area contributed by atoms with Crippen LogP contribution < -0.4 is 4.90 Å². The van der Waals surface area contributed by atoms with Gasteiger partial charge in [-0.1, -0.05) is 100 Å². The fourth-order valence-electron chi connectivity index (χ4n) is 3.59. The van der Waals surface area contributed by atoms with E-state index in [1.807, 2.05) is 91.0 Å². The van der Waals surface area contributed by atoms with E-state index in [4.69, 9.17) is 4.98 Å². The number of thiazole rings is 1. The summed E-state index contributed by atoms with van der Waals surface area (Å²) in [6, 6.07) is 33.9. The largest absolute Gasteiger partial charge is 0.279 e. The van der Waals surface area contributed by atoms with Gasteiger partial charge < -0.3 is 0 Å². The highest BCUT2D eigenvalue weighted by molar-refractivity contribution is 9.10. The number of carbonyl (C=O) groups is 1. The molecule has 5 heteroatoms. The molecular formula is C27H19BrN2OS. The monoisotopic (exact) mass is 498 g/mol. The number of aromatic nitrogens is 1. The first-order chi connectivity index (χ1) is 15.7. The fourth-order valence-corrected chi connectivity index (χ4v) is 5.10. The molecule has 1 aromatic heterocycles. The lowest BCUT2D eigenvalue weighted by molar-refractivity contribution is 0.0985. The van der Waals surface area contributed by atoms with Crippen molar-refractivity contribution in [2.45, 2.75) is 6.54 Å². The Morgan fingerprint density at radius 1 is 0.812 bits per heavy atom. The predicted octanol–water partition coefficient (Wildman–Crippen LogP) is 7.57. The molecule has 4 aromatic carbocycles. The summed E-state index contributed by atoms with van der Waals surface area (Å²) < 4.78 is 2.04. The molecule has 156 valence electrons. The second-order valence-electron chi connectivity index (χ2n) is 7.43. The normalized spacial score (nSPS) is 10.9. The molecule has 1 heterocycles. The molecule has 0 unspecified atom stereocenters. The summed E-state index contributed by atoms with van der Waals surface area (Å²) in [5, 5.41) is 0.694. The van der Waals surface area contributed by atoms with Crippen molar-refractivity contribution in [3.8, 4) is 11.1 Å². The number of benzene rings is 4. The topological polar surface area (TPSA) is 33.2 Å². The van der Waals surface area contributed by atoms with E-state index < -0.39 is 0 Å². The van der Waals surface area contributed by atoms with Gasteiger partial charge in [0.25, 0.3) is 5.91 Å². The number of hydrogen-bond acceptors (Lipinski definition) is 3. The summed E-state index contributed by atoms with van der Waals surface area (Å²) in [6.45, 7) is 0.459. The number of anilines is 1. The maximum atomic E-state index is 13.6. The minimum atomic E-state index is -0.0633. The molecule has 1 amide bonds. The Kier molecular flexibility index (Phi) is 5.84. The average Bonchev–Trinajstić information content (AvgIpc) is 3.26. The third-order valence-electron chi connectivity index (χ3n) is 5.24. The van der Waals surface area contributed by atoms with Crippen LogP contribution in [0.5, 0.6) is 0 Å². The Bertz CT molecular complexity index is 1370. The van der Waals surface area contributed by atoms with Gasteiger partial charge in [-0.05, 0) is 47.0 Å². The van der Waals surface area contributed by atoms with Crippen LogP contribution in [0, 0.1) is 0 Å². The first-order valence-electron chi connectivity index (χ1n) is 10.2. The summed E-state index contributed by atoms with van der Waals surface area (Å²) >= 11 is 5.05. The molecule has 0 bridgehead atoms. The van der Waals surface area contributed by atoms with Crippen molar-refractivity contribution in [3.63, 3.8) is 0 Å². The van der Waals surface area contributed by atoms with Crippen molar-refractivity contribution in [2.75, 3.05) is 4.90 Å². The van der Waals surface area contributed by atoms with Crippen LogP contribution in [0.1, 0.15) is 15.9 Å². The van der Waals surface area contributed by atoms with Gasteiger partial charge in [-0.2, -0.15) is 0 Å². The smallest absolute Gasteiger partial charge is 0.260 e. The van der Waals surface area contributed by atoms with Crippen molar-refractivity contribution in [2.24, 2.45) is 0 Å². The second kappa shape index (κ2) is 9.07. The van der Waals surface area contributed by atoms with Crippen molar-refractivity contribution in [1.82, 2.24) is 4.98 Å². The highest BCUT2D eigenvalue weighted by atomic mass is 79.9. The Morgan fingerprint density at radius 2 is 1.47 bits per heavy atom. The molecule has 5 aromatic rings. The average molecular weight is 499 g/mol. The van der Waals surface area contributed by atoms with Crippen LogP contribution >= 0.6 is 27.3 Å². The lowest BCUT2D eigenvalue weighted by Crippen LogP contribution is -2.30. The third kappa shape index (κ3) is 4.35. The van der Waals surface area contributed by atoms with Crippen LogP contribution in [0.4, 0.5) is 5.13 Å². The number of amides is 1. The zero-order chi connectivity index (χ0) is 21.9. The summed E-state index contributed by atoms with van der Waals surface area (Å²) in [5.41, 5.74) is 4.80. The maximum Gasteiger partial charge on any atom is 0.260 e. The number of carbonyl (C=O) groups excluding carboxylic acids is 1. The first-order valence-corrected chi connectivity index (χ1v) is 11.9. The molecule has 0 atom stereocenters. The van der Waals surface area contributed by atoms with Crippen LogP contribution in [0.3, 0.4) is 0 Å². The van der Waals surface area contributed by atoms with Crippen molar-refractivity contribution >= 4 is 48.5 Å². The quantitative estimate of drug-likeness (QED) is 0.250. The van der Waals surface area contributed by atoms with E-state index in [1.54, 1.807) is 4.90 Å². The molecule has 0 fully saturated rings. The minimum absolute atomic E-state index is 0.0633. The number of fused-ring (bicyclic) bond motifs is 1. The van der Waals surface area contributed by atoms with Gasteiger partial charge in [0.2, 0.25) is 0 Å². The van der Waals surface area contributed by atoms with E-state index in [1.165, 1.54) is 11.3 Å². The molecule has 0 N–H and O–H groups in total. The van der Waals surface area contributed by atoms with Crippen LogP contribution in [-0.4, -0.2) is 10.9 Å². The molecule has 32 heavy (non-hydrogen) atoms. The Morgan fingerprint density at radius 3 is 2.19 bits per heavy atom. The number of nitrogens with zero attached hydrogens (tertiary/aromatic N) is 2. The van der Waals surface area contributed by atoms with Gasteiger partial charge in [0.15, 0.2) is 5.13 Å². The lowest BCUT2D eigenvalue weighted by Gasteiger charge is -2.20. The van der Waals surface area contributed by atoms with E-state index in [0.29, 0.717) is 17.2 Å². The zero-order valence-electron chi connectivity index (χ0n) is 17.1. The van der Waals surface area contributed by atoms with E-state index in [-0.39, 0.29) is 5.91 Å². The van der Waals surface area contributed by atoms with E-state index >= 15 is 0 Å². The number of halogens is 1. The summed E-state index contributed by atoms with van der Waals surface area (Å²) in [4.78, 5) is 20.2.